The second-order valence-corrected chi connectivity index (χ2v) is 10.1. The fourth-order valence-corrected chi connectivity index (χ4v) is 4.72. The third-order valence-electron chi connectivity index (χ3n) is 6.69. The van der Waals surface area contributed by atoms with Gasteiger partial charge in [-0.05, 0) is 40.8 Å². The average Bonchev–Trinajstić information content (AvgIpc) is 2.97. The lowest BCUT2D eigenvalue weighted by atomic mass is 9.99. The van der Waals surface area contributed by atoms with Gasteiger partial charge < -0.3 is 20.1 Å². The van der Waals surface area contributed by atoms with Gasteiger partial charge in [0.1, 0.15) is 23.2 Å². The van der Waals surface area contributed by atoms with Crippen molar-refractivity contribution in [3.05, 3.63) is 101 Å². The van der Waals surface area contributed by atoms with Crippen molar-refractivity contribution in [2.24, 2.45) is 0 Å². The van der Waals surface area contributed by atoms with Crippen molar-refractivity contribution < 1.29 is 37.0 Å². The molecule has 226 valence electrons. The van der Waals surface area contributed by atoms with Crippen LogP contribution in [0.3, 0.4) is 0 Å². The van der Waals surface area contributed by atoms with Crippen LogP contribution in [0.1, 0.15) is 27.2 Å². The first-order chi connectivity index (χ1) is 20.6. The van der Waals surface area contributed by atoms with Crippen LogP contribution in [0.25, 0.3) is 10.8 Å². The Hall–Kier alpha value is -4.15. The third kappa shape index (κ3) is 8.68. The first-order valence-corrected chi connectivity index (χ1v) is 13.9. The Morgan fingerprint density at radius 2 is 1.67 bits per heavy atom. The summed E-state index contributed by atoms with van der Waals surface area (Å²) in [7, 11) is 1.32. The molecule has 2 unspecified atom stereocenters. The molecule has 1 amide bonds. The number of aliphatic carboxylic acids is 1. The van der Waals surface area contributed by atoms with Gasteiger partial charge in [0.25, 0.3) is 5.91 Å². The van der Waals surface area contributed by atoms with E-state index in [-0.39, 0.29) is 6.42 Å². The summed E-state index contributed by atoms with van der Waals surface area (Å²) in [5, 5.41) is 14.0. The van der Waals surface area contributed by atoms with Crippen LogP contribution in [0, 0.1) is 11.6 Å². The Labute approximate surface area is 247 Å². The number of nitrogens with one attached hydrogen (secondary N) is 1. The fraction of sp³-hybridized carbons (Fsp3) is 0.267. The molecule has 0 aliphatic carbocycles. The number of ether oxygens (including phenoxy) is 1. The highest BCUT2D eigenvalue weighted by Gasteiger charge is 2.26. The van der Waals surface area contributed by atoms with E-state index in [4.69, 9.17) is 4.74 Å². The van der Waals surface area contributed by atoms with E-state index in [0.717, 1.165) is 34.2 Å². The van der Waals surface area contributed by atoms with Gasteiger partial charge in [0.2, 0.25) is 6.17 Å². The third-order valence-corrected chi connectivity index (χ3v) is 6.69. The standard InChI is InChI=1S/C29H26F2N4O4.CH3F2P/c30-23-15-21(35-8-10-39-11-9-35)16-24(31)27(23)28(36)34-26(29(37)38)14-19-3-1-2-18(12-19)13-25-22-17-32-6-4-20(22)5-7-33-25;2-1(3)4/h1-7,12,15-17,26H,8-11,13-14H2,(H,34,36)(H,37,38);1H,4H2. The smallest absolute Gasteiger partial charge is 0.326 e. The molecule has 13 heteroatoms. The van der Waals surface area contributed by atoms with Gasteiger partial charge in [-0.3, -0.25) is 14.8 Å². The first kappa shape index (κ1) is 31.8. The molecular formula is C30H29F4N4O4P. The normalized spacial score (nSPS) is 13.8. The monoisotopic (exact) mass is 616 g/mol. The SMILES string of the molecule is FC(F)P.O=C(NC(Cc1cccc(Cc2nccc3ccncc23)c1)C(=O)O)c1c(F)cc(N2CCOCC2)cc1F. The van der Waals surface area contributed by atoms with E-state index in [1.54, 1.807) is 35.6 Å². The zero-order valence-corrected chi connectivity index (χ0v) is 24.0. The number of carbonyl (C=O) groups is 2. The lowest BCUT2D eigenvalue weighted by molar-refractivity contribution is -0.139. The number of carboxylic acids is 1. The van der Waals surface area contributed by atoms with Gasteiger partial charge in [0.15, 0.2) is 0 Å². The van der Waals surface area contributed by atoms with Crippen LogP contribution in [0.5, 0.6) is 0 Å². The molecule has 1 saturated heterocycles. The van der Waals surface area contributed by atoms with E-state index in [2.05, 4.69) is 15.3 Å². The van der Waals surface area contributed by atoms with Crippen LogP contribution in [0.2, 0.25) is 0 Å². The predicted octanol–water partition coefficient (Wildman–Crippen LogP) is 4.85. The Balaban J connectivity index is 0.000000996. The number of morpholine rings is 1. The van der Waals surface area contributed by atoms with E-state index in [9.17, 15) is 32.3 Å². The summed E-state index contributed by atoms with van der Waals surface area (Å²) in [6, 6.07) is 11.8. The molecular weight excluding hydrogens is 587 g/mol. The number of rotatable bonds is 8. The highest BCUT2D eigenvalue weighted by Crippen LogP contribution is 2.24. The van der Waals surface area contributed by atoms with E-state index < -0.39 is 41.3 Å². The Morgan fingerprint density at radius 1 is 1.02 bits per heavy atom. The molecule has 43 heavy (non-hydrogen) atoms. The zero-order chi connectivity index (χ0) is 30.9. The second kappa shape index (κ2) is 14.8. The first-order valence-electron chi connectivity index (χ1n) is 13.3. The van der Waals surface area contributed by atoms with E-state index in [1.165, 1.54) is 9.24 Å². The molecule has 2 N–H and O–H groups in total. The number of nitrogens with zero attached hydrogens (tertiary/aromatic N) is 3. The Bertz CT molecular complexity index is 1560. The summed E-state index contributed by atoms with van der Waals surface area (Å²) in [5.74, 6) is -4.56. The molecule has 2 atom stereocenters. The largest absolute Gasteiger partial charge is 0.480 e. The summed E-state index contributed by atoms with van der Waals surface area (Å²) >= 11 is 0. The van der Waals surface area contributed by atoms with Crippen LogP contribution in [-0.4, -0.2) is 65.5 Å². The number of hydrogen-bond donors (Lipinski definition) is 2. The predicted molar refractivity (Wildman–Crippen MR) is 156 cm³/mol. The number of aromatic nitrogens is 2. The molecule has 5 rings (SSSR count). The van der Waals surface area contributed by atoms with Crippen LogP contribution < -0.4 is 10.2 Å². The molecule has 8 nitrogen and oxygen atoms in total. The molecule has 0 spiro atoms. The molecule has 3 heterocycles. The van der Waals surface area contributed by atoms with Crippen molar-refractivity contribution in [3.63, 3.8) is 0 Å². The van der Waals surface area contributed by atoms with Crippen LogP contribution in [0.15, 0.2) is 67.1 Å². The van der Waals surface area contributed by atoms with Crippen LogP contribution in [-0.2, 0) is 22.4 Å². The minimum atomic E-state index is -2.25. The molecule has 0 radical (unpaired) electrons. The molecule has 1 fully saturated rings. The lowest BCUT2D eigenvalue weighted by Crippen LogP contribution is -2.43. The number of benzene rings is 2. The fourth-order valence-electron chi connectivity index (χ4n) is 4.72. The number of halogens is 4. The number of hydrogen-bond acceptors (Lipinski definition) is 6. The lowest BCUT2D eigenvalue weighted by Gasteiger charge is -2.29. The maximum Gasteiger partial charge on any atom is 0.326 e. The number of fused-ring (bicyclic) bond motifs is 1. The number of anilines is 1. The maximum absolute atomic E-state index is 14.8. The summed E-state index contributed by atoms with van der Waals surface area (Å²) in [4.78, 5) is 35.2. The highest BCUT2D eigenvalue weighted by atomic mass is 31.0. The van der Waals surface area contributed by atoms with Gasteiger partial charge in [-0.2, -0.15) is 0 Å². The second-order valence-electron chi connectivity index (χ2n) is 9.64. The van der Waals surface area contributed by atoms with Gasteiger partial charge >= 0.3 is 5.97 Å². The summed E-state index contributed by atoms with van der Waals surface area (Å²) in [6.45, 7) is 1.81. The summed E-state index contributed by atoms with van der Waals surface area (Å²) < 4.78 is 55.5. The number of alkyl halides is 2. The minimum Gasteiger partial charge on any atom is -0.480 e. The van der Waals surface area contributed by atoms with Crippen LogP contribution >= 0.6 is 9.24 Å². The Kier molecular flexibility index (Phi) is 11.0. The number of amides is 1. The van der Waals surface area contributed by atoms with E-state index >= 15 is 0 Å². The van der Waals surface area contributed by atoms with Gasteiger partial charge in [0.05, 0.1) is 18.9 Å². The molecule has 2 aromatic carbocycles. The van der Waals surface area contributed by atoms with Crippen molar-refractivity contribution in [2.75, 3.05) is 31.2 Å². The molecule has 0 saturated carbocycles. The molecule has 1 aliphatic rings. The van der Waals surface area contributed by atoms with Gasteiger partial charge in [-0.1, -0.05) is 33.5 Å². The molecule has 0 bridgehead atoms. The van der Waals surface area contributed by atoms with Gasteiger partial charge in [-0.15, -0.1) is 0 Å². The van der Waals surface area contributed by atoms with Gasteiger partial charge in [0, 0.05) is 55.6 Å². The van der Waals surface area contributed by atoms with Crippen LogP contribution in [0.4, 0.5) is 23.2 Å². The maximum atomic E-state index is 14.8. The van der Waals surface area contributed by atoms with E-state index in [0.29, 0.717) is 44.0 Å². The zero-order valence-electron chi connectivity index (χ0n) is 22.9. The van der Waals surface area contributed by atoms with Crippen molar-refractivity contribution in [2.45, 2.75) is 25.1 Å². The van der Waals surface area contributed by atoms with Crippen molar-refractivity contribution in [1.29, 1.82) is 0 Å². The molecule has 4 aromatic rings. The number of carboxylic acid groups (broad SMARTS) is 1. The summed E-state index contributed by atoms with van der Waals surface area (Å²) in [6.07, 6.45) is 3.36. The number of pyridine rings is 2. The van der Waals surface area contributed by atoms with Crippen molar-refractivity contribution in [1.82, 2.24) is 15.3 Å². The van der Waals surface area contributed by atoms with Crippen molar-refractivity contribution in [3.8, 4) is 0 Å². The molecule has 2 aromatic heterocycles. The topological polar surface area (TPSA) is 105 Å². The highest BCUT2D eigenvalue weighted by molar-refractivity contribution is 7.16. The molecule has 1 aliphatic heterocycles. The average molecular weight is 617 g/mol. The Morgan fingerprint density at radius 3 is 2.35 bits per heavy atom. The quantitative estimate of drug-likeness (QED) is 0.216. The van der Waals surface area contributed by atoms with Crippen molar-refractivity contribution >= 4 is 37.6 Å². The van der Waals surface area contributed by atoms with Gasteiger partial charge in [-0.25, -0.2) is 22.4 Å². The van der Waals surface area contributed by atoms with E-state index in [1.807, 2.05) is 24.3 Å². The number of carbonyl (C=O) groups excluding carboxylic acids is 1. The summed E-state index contributed by atoms with van der Waals surface area (Å²) in [5.41, 5.74) is 1.84. The minimum absolute atomic E-state index is 0.0749.